The molecule has 0 saturated heterocycles. The van der Waals surface area contributed by atoms with Gasteiger partial charge >= 0.3 is 0 Å². The number of hydrogen-bond acceptors (Lipinski definition) is 4. The number of H-pyrrole nitrogens is 1. The van der Waals surface area contributed by atoms with Gasteiger partial charge in [-0.05, 0) is 5.92 Å². The largest absolute Gasteiger partial charge is 0.284 e. The standard InChI is InChI=1S/C8H12N4O2S/c1-6(2)8(3-9)12-15(13,14)7-4-10-11-5-7/h4-6,8,12H,1-2H3,(H,10,11). The molecule has 0 aliphatic carbocycles. The van der Waals surface area contributed by atoms with Crippen LogP contribution < -0.4 is 4.72 Å². The summed E-state index contributed by atoms with van der Waals surface area (Å²) in [6.07, 6.45) is 2.45. The molecular weight excluding hydrogens is 216 g/mol. The summed E-state index contributed by atoms with van der Waals surface area (Å²) in [6, 6.07) is 1.17. The predicted molar refractivity (Wildman–Crippen MR) is 53.1 cm³/mol. The van der Waals surface area contributed by atoms with Crippen molar-refractivity contribution in [1.29, 1.82) is 5.26 Å². The molecule has 82 valence electrons. The molecule has 0 aliphatic rings. The van der Waals surface area contributed by atoms with E-state index < -0.39 is 16.1 Å². The third-order valence-electron chi connectivity index (χ3n) is 1.87. The second kappa shape index (κ2) is 4.42. The second-order valence-corrected chi connectivity index (χ2v) is 5.12. The van der Waals surface area contributed by atoms with Gasteiger partial charge < -0.3 is 0 Å². The van der Waals surface area contributed by atoms with Crippen LogP contribution in [0.1, 0.15) is 13.8 Å². The molecule has 0 amide bonds. The van der Waals surface area contributed by atoms with Gasteiger partial charge in [0.2, 0.25) is 10.0 Å². The van der Waals surface area contributed by atoms with E-state index in [9.17, 15) is 8.42 Å². The van der Waals surface area contributed by atoms with Gasteiger partial charge in [0.25, 0.3) is 0 Å². The molecule has 0 spiro atoms. The summed E-state index contributed by atoms with van der Waals surface area (Å²) in [5.41, 5.74) is 0. The number of nitrogens with one attached hydrogen (secondary N) is 2. The molecule has 0 bridgehead atoms. The number of rotatable bonds is 4. The number of hydrogen-bond donors (Lipinski definition) is 2. The van der Waals surface area contributed by atoms with Crippen molar-refractivity contribution >= 4 is 10.0 Å². The molecular formula is C8H12N4O2S. The zero-order chi connectivity index (χ0) is 11.5. The Morgan fingerprint density at radius 2 is 2.27 bits per heavy atom. The number of nitrogens with zero attached hydrogens (tertiary/aromatic N) is 2. The van der Waals surface area contributed by atoms with Crippen LogP contribution in [-0.4, -0.2) is 24.7 Å². The van der Waals surface area contributed by atoms with Crippen LogP contribution in [0.5, 0.6) is 0 Å². The summed E-state index contributed by atoms with van der Waals surface area (Å²) in [4.78, 5) is 0.0309. The van der Waals surface area contributed by atoms with Gasteiger partial charge in [-0.25, -0.2) is 8.42 Å². The molecule has 6 nitrogen and oxygen atoms in total. The number of aromatic amines is 1. The lowest BCUT2D eigenvalue weighted by molar-refractivity contribution is 0.515. The molecule has 15 heavy (non-hydrogen) atoms. The summed E-state index contributed by atoms with van der Waals surface area (Å²) < 4.78 is 25.6. The van der Waals surface area contributed by atoms with Crippen LogP contribution in [0.2, 0.25) is 0 Å². The maximum atomic E-state index is 11.6. The lowest BCUT2D eigenvalue weighted by Crippen LogP contribution is -2.37. The number of nitriles is 1. The average molecular weight is 228 g/mol. The molecule has 1 unspecified atom stereocenters. The minimum absolute atomic E-state index is 0.0309. The summed E-state index contributed by atoms with van der Waals surface area (Å²) in [5, 5.41) is 14.7. The Hall–Kier alpha value is -1.39. The monoisotopic (exact) mass is 228 g/mol. The van der Waals surface area contributed by atoms with Crippen LogP contribution in [0.15, 0.2) is 17.3 Å². The first kappa shape index (κ1) is 11.7. The lowest BCUT2D eigenvalue weighted by Gasteiger charge is -2.13. The molecule has 0 saturated carbocycles. The van der Waals surface area contributed by atoms with E-state index in [1.807, 2.05) is 6.07 Å². The average Bonchev–Trinajstić information content (AvgIpc) is 2.67. The van der Waals surface area contributed by atoms with Crippen LogP contribution in [-0.2, 0) is 10.0 Å². The quantitative estimate of drug-likeness (QED) is 0.770. The molecule has 0 radical (unpaired) electrons. The van der Waals surface area contributed by atoms with Crippen LogP contribution >= 0.6 is 0 Å². The summed E-state index contributed by atoms with van der Waals surface area (Å²) in [5.74, 6) is -0.0864. The van der Waals surface area contributed by atoms with Gasteiger partial charge in [0.15, 0.2) is 0 Å². The minimum Gasteiger partial charge on any atom is -0.284 e. The van der Waals surface area contributed by atoms with Crippen LogP contribution in [0, 0.1) is 17.2 Å². The first-order chi connectivity index (χ1) is 6.97. The highest BCUT2D eigenvalue weighted by Gasteiger charge is 2.22. The van der Waals surface area contributed by atoms with E-state index >= 15 is 0 Å². The van der Waals surface area contributed by atoms with Crippen molar-refractivity contribution < 1.29 is 8.42 Å². The normalized spacial score (nSPS) is 13.7. The van der Waals surface area contributed by atoms with Gasteiger partial charge in [-0.15, -0.1) is 0 Å². The highest BCUT2D eigenvalue weighted by molar-refractivity contribution is 7.89. The Kier molecular flexibility index (Phi) is 3.44. The Bertz CT molecular complexity index is 443. The molecule has 7 heteroatoms. The van der Waals surface area contributed by atoms with Gasteiger partial charge in [0, 0.05) is 6.20 Å². The summed E-state index contributed by atoms with van der Waals surface area (Å²) >= 11 is 0. The van der Waals surface area contributed by atoms with E-state index in [1.54, 1.807) is 13.8 Å². The molecule has 0 aliphatic heterocycles. The number of sulfonamides is 1. The molecule has 0 aromatic carbocycles. The maximum absolute atomic E-state index is 11.6. The van der Waals surface area contributed by atoms with Gasteiger partial charge in [0.05, 0.1) is 12.3 Å². The Labute approximate surface area is 88.4 Å². The van der Waals surface area contributed by atoms with Gasteiger partial charge in [0.1, 0.15) is 10.9 Å². The fourth-order valence-electron chi connectivity index (χ4n) is 0.933. The van der Waals surface area contributed by atoms with Gasteiger partial charge in [-0.2, -0.15) is 15.1 Å². The van der Waals surface area contributed by atoms with Crippen molar-refractivity contribution in [1.82, 2.24) is 14.9 Å². The fourth-order valence-corrected chi connectivity index (χ4v) is 2.13. The fraction of sp³-hybridized carbons (Fsp3) is 0.500. The van der Waals surface area contributed by atoms with Crippen LogP contribution in [0.25, 0.3) is 0 Å². The van der Waals surface area contributed by atoms with Crippen molar-refractivity contribution in [2.75, 3.05) is 0 Å². The highest BCUT2D eigenvalue weighted by atomic mass is 32.2. The van der Waals surface area contributed by atoms with Crippen molar-refractivity contribution in [3.05, 3.63) is 12.4 Å². The molecule has 1 heterocycles. The zero-order valence-electron chi connectivity index (χ0n) is 8.43. The summed E-state index contributed by atoms with van der Waals surface area (Å²) in [6.45, 7) is 3.54. The van der Waals surface area contributed by atoms with Gasteiger partial charge in [-0.3, -0.25) is 5.10 Å². The van der Waals surface area contributed by atoms with Crippen LogP contribution in [0.3, 0.4) is 0 Å². The maximum Gasteiger partial charge on any atom is 0.244 e. The van der Waals surface area contributed by atoms with E-state index in [-0.39, 0.29) is 10.8 Å². The number of aromatic nitrogens is 2. The minimum atomic E-state index is -3.64. The van der Waals surface area contributed by atoms with Crippen molar-refractivity contribution in [2.24, 2.45) is 5.92 Å². The third-order valence-corrected chi connectivity index (χ3v) is 3.28. The third kappa shape index (κ3) is 2.78. The highest BCUT2D eigenvalue weighted by Crippen LogP contribution is 2.08. The topological polar surface area (TPSA) is 98.6 Å². The van der Waals surface area contributed by atoms with E-state index in [4.69, 9.17) is 5.26 Å². The molecule has 0 fully saturated rings. The first-order valence-electron chi connectivity index (χ1n) is 4.38. The Morgan fingerprint density at radius 1 is 1.60 bits per heavy atom. The molecule has 1 aromatic heterocycles. The zero-order valence-corrected chi connectivity index (χ0v) is 9.25. The van der Waals surface area contributed by atoms with E-state index in [1.165, 1.54) is 12.4 Å². The second-order valence-electron chi connectivity index (χ2n) is 3.41. The van der Waals surface area contributed by atoms with Crippen molar-refractivity contribution in [2.45, 2.75) is 24.8 Å². The smallest absolute Gasteiger partial charge is 0.244 e. The molecule has 1 aromatic rings. The lowest BCUT2D eigenvalue weighted by atomic mass is 10.1. The first-order valence-corrected chi connectivity index (χ1v) is 5.86. The SMILES string of the molecule is CC(C)C(C#N)NS(=O)(=O)c1cn[nH]c1. The molecule has 1 atom stereocenters. The van der Waals surface area contributed by atoms with E-state index in [0.29, 0.717) is 0 Å². The van der Waals surface area contributed by atoms with Gasteiger partial charge in [-0.1, -0.05) is 13.8 Å². The Balaban J connectivity index is 2.87. The predicted octanol–water partition coefficient (Wildman–Crippen LogP) is 0.236. The van der Waals surface area contributed by atoms with Crippen molar-refractivity contribution in [3.63, 3.8) is 0 Å². The Morgan fingerprint density at radius 3 is 2.67 bits per heavy atom. The molecule has 1 rings (SSSR count). The van der Waals surface area contributed by atoms with Crippen molar-refractivity contribution in [3.8, 4) is 6.07 Å². The van der Waals surface area contributed by atoms with E-state index in [0.717, 1.165) is 0 Å². The van der Waals surface area contributed by atoms with E-state index in [2.05, 4.69) is 14.9 Å². The molecule has 2 N–H and O–H groups in total. The van der Waals surface area contributed by atoms with Crippen LogP contribution in [0.4, 0.5) is 0 Å². The summed E-state index contributed by atoms with van der Waals surface area (Å²) in [7, 11) is -3.64.